The van der Waals surface area contributed by atoms with Crippen molar-refractivity contribution in [2.75, 3.05) is 0 Å². The van der Waals surface area contributed by atoms with Crippen LogP contribution in [0.3, 0.4) is 0 Å². The van der Waals surface area contributed by atoms with Gasteiger partial charge < -0.3 is 15.2 Å². The Morgan fingerprint density at radius 3 is 1.96 bits per heavy atom. The molecule has 233 valence electrons. The topological polar surface area (TPSA) is 110 Å². The van der Waals surface area contributed by atoms with E-state index in [2.05, 4.69) is 27.7 Å². The van der Waals surface area contributed by atoms with Crippen LogP contribution in [-0.4, -0.2) is 22.8 Å². The first-order chi connectivity index (χ1) is 21.8. The number of allylic oxidation sites excluding steroid dienone is 10. The number of rotatable bonds is 2. The molecule has 8 heteroatoms. The molecule has 0 atom stereocenters. The first-order valence-electron chi connectivity index (χ1n) is 15.1. The van der Waals surface area contributed by atoms with Crippen molar-refractivity contribution in [3.63, 3.8) is 0 Å². The number of aromatic nitrogens is 1. The molecule has 46 heavy (non-hydrogen) atoms. The van der Waals surface area contributed by atoms with E-state index in [1.807, 2.05) is 60.8 Å². The van der Waals surface area contributed by atoms with E-state index in [0.717, 1.165) is 91.8 Å². The smallest absolute Gasteiger partial charge is 0.884 e. The standard InChI is InChI=1S/C38H32N5O2.Yb/c1-5-29-21(3)33-17-27-13-15-31(40-27)37(23-7-9-24(10-8-23)38(44)45)32-16-14-28(41-32)18-34-22(4)30(6-2)36(43-34)20-26-12-11-25(39-26)19-35(29)42-33;/h7-20H,5-6H2,1-4H3,(H2-,39,40,41,42,43,44,45);/q-1;+3/p-2. The molecule has 5 aliphatic rings. The number of hydrogen-bond acceptors (Lipinski definition) is 6. The average Bonchev–Trinajstić information content (AvgIpc) is 3.86. The molecule has 0 aliphatic carbocycles. The summed E-state index contributed by atoms with van der Waals surface area (Å²) in [6.45, 7) is 8.48. The molecular formula is C38H30N5O2Yb. The van der Waals surface area contributed by atoms with Gasteiger partial charge in [-0.1, -0.05) is 61.4 Å². The molecule has 2 aromatic rings. The van der Waals surface area contributed by atoms with Crippen molar-refractivity contribution in [2.24, 2.45) is 20.0 Å². The SMILES string of the molecule is CCC1=C(C)C2=NC1=CC1=NC(=Cc3[n-]c(c(C)c3CC)C=C3C=CC(=N3)C(=c3ccc(=C([O-])[O-])cc3)C3=NC(=C2)C=C3)C=C1.[Yb+3]. The van der Waals surface area contributed by atoms with Crippen LogP contribution in [0.15, 0.2) is 127 Å². The van der Waals surface area contributed by atoms with Crippen LogP contribution in [0.4, 0.5) is 0 Å². The summed E-state index contributed by atoms with van der Waals surface area (Å²) in [7, 11) is 0. The molecule has 1 radical (unpaired) electrons. The van der Waals surface area contributed by atoms with Crippen LogP contribution in [-0.2, 0) is 6.42 Å². The first kappa shape index (κ1) is 31.9. The summed E-state index contributed by atoms with van der Waals surface area (Å²) in [5.41, 5.74) is 13.7. The van der Waals surface area contributed by atoms with Gasteiger partial charge in [0.05, 0.1) is 45.6 Å². The molecule has 0 unspecified atom stereocenters. The third-order valence-electron chi connectivity index (χ3n) is 8.55. The van der Waals surface area contributed by atoms with Crippen molar-refractivity contribution in [3.05, 3.63) is 140 Å². The Morgan fingerprint density at radius 1 is 0.674 bits per heavy atom. The van der Waals surface area contributed by atoms with E-state index in [1.165, 1.54) is 11.1 Å². The quantitative estimate of drug-likeness (QED) is 0.465. The van der Waals surface area contributed by atoms with Gasteiger partial charge in [0.2, 0.25) is 0 Å². The van der Waals surface area contributed by atoms with Crippen LogP contribution in [0.5, 0.6) is 0 Å². The molecule has 7 rings (SSSR count). The summed E-state index contributed by atoms with van der Waals surface area (Å²) in [6.07, 6.45) is 21.7. The van der Waals surface area contributed by atoms with Gasteiger partial charge in [-0.05, 0) is 96.9 Å². The van der Waals surface area contributed by atoms with Gasteiger partial charge in [-0.2, -0.15) is 5.95 Å². The third-order valence-corrected chi connectivity index (χ3v) is 8.55. The van der Waals surface area contributed by atoms with Crippen LogP contribution in [0, 0.1) is 53.8 Å². The Hall–Kier alpha value is -4.04. The Morgan fingerprint density at radius 2 is 1.30 bits per heavy atom. The molecule has 0 saturated heterocycles. The summed E-state index contributed by atoms with van der Waals surface area (Å²) in [4.78, 5) is 24.9. The van der Waals surface area contributed by atoms with Gasteiger partial charge in [0.1, 0.15) is 0 Å². The van der Waals surface area contributed by atoms with E-state index >= 15 is 0 Å². The van der Waals surface area contributed by atoms with Crippen molar-refractivity contribution in [1.82, 2.24) is 4.98 Å². The van der Waals surface area contributed by atoms with Crippen molar-refractivity contribution < 1.29 is 57.1 Å². The molecule has 0 spiro atoms. The van der Waals surface area contributed by atoms with E-state index in [1.54, 1.807) is 24.3 Å². The predicted molar refractivity (Wildman–Crippen MR) is 179 cm³/mol. The van der Waals surface area contributed by atoms with Gasteiger partial charge in [-0.3, -0.25) is 0 Å². The van der Waals surface area contributed by atoms with Gasteiger partial charge in [-0.25, -0.2) is 20.0 Å². The van der Waals surface area contributed by atoms with E-state index in [0.29, 0.717) is 0 Å². The molecule has 0 fully saturated rings. The normalized spacial score (nSPS) is 18.0. The zero-order valence-electron chi connectivity index (χ0n) is 25.8. The zero-order chi connectivity index (χ0) is 31.2. The van der Waals surface area contributed by atoms with E-state index in [4.69, 9.17) is 25.0 Å². The summed E-state index contributed by atoms with van der Waals surface area (Å²) in [6, 6.07) is 6.64. The molecule has 0 saturated carbocycles. The molecule has 1 aromatic heterocycles. The fourth-order valence-electron chi connectivity index (χ4n) is 6.18. The van der Waals surface area contributed by atoms with Gasteiger partial charge in [-0.15, -0.1) is 11.4 Å². The summed E-state index contributed by atoms with van der Waals surface area (Å²) < 4.78 is 0. The Balaban J connectivity index is 0.00000372. The maximum Gasteiger partial charge on any atom is 3.00 e. The van der Waals surface area contributed by atoms with Crippen LogP contribution >= 0.6 is 0 Å². The van der Waals surface area contributed by atoms with Crippen LogP contribution < -0.4 is 25.6 Å². The fraction of sp³-hybridized carbons (Fsp3) is 0.158. The van der Waals surface area contributed by atoms with E-state index in [-0.39, 0.29) is 52.1 Å². The largest absolute Gasteiger partial charge is 3.00 e. The Bertz CT molecular complexity index is 2180. The van der Waals surface area contributed by atoms with Gasteiger partial charge in [0.15, 0.2) is 0 Å². The molecule has 7 nitrogen and oxygen atoms in total. The fourth-order valence-corrected chi connectivity index (χ4v) is 6.18. The molecule has 10 bridgehead atoms. The monoisotopic (exact) mass is 762 g/mol. The van der Waals surface area contributed by atoms with E-state index in [9.17, 15) is 10.2 Å². The molecule has 1 aromatic carbocycles. The number of aliphatic imine (C=N–C) groups is 4. The minimum absolute atomic E-state index is 0. The van der Waals surface area contributed by atoms with Crippen LogP contribution in [0.25, 0.3) is 23.7 Å². The summed E-state index contributed by atoms with van der Waals surface area (Å²) in [5, 5.41) is 23.8. The first-order valence-corrected chi connectivity index (χ1v) is 15.1. The number of benzene rings is 1. The third kappa shape index (κ3) is 5.95. The van der Waals surface area contributed by atoms with Gasteiger partial charge in [0.25, 0.3) is 0 Å². The minimum atomic E-state index is -1.22. The number of hydrogen-bond donors (Lipinski definition) is 0. The molecule has 6 heterocycles. The summed E-state index contributed by atoms with van der Waals surface area (Å²) in [5.74, 6) is -1.22. The second kappa shape index (κ2) is 13.0. The maximum absolute atomic E-state index is 11.5. The second-order valence-electron chi connectivity index (χ2n) is 11.3. The second-order valence-corrected chi connectivity index (χ2v) is 11.3. The van der Waals surface area contributed by atoms with Crippen molar-refractivity contribution in [2.45, 2.75) is 40.5 Å². The van der Waals surface area contributed by atoms with Crippen LogP contribution in [0.1, 0.15) is 49.7 Å². The van der Waals surface area contributed by atoms with Gasteiger partial charge >= 0.3 is 46.9 Å². The summed E-state index contributed by atoms with van der Waals surface area (Å²) >= 11 is 0. The molecule has 0 N–H and O–H groups in total. The van der Waals surface area contributed by atoms with Crippen LogP contribution in [0.2, 0.25) is 0 Å². The zero-order valence-corrected chi connectivity index (χ0v) is 27.5. The average molecular weight is 762 g/mol. The van der Waals surface area contributed by atoms with Crippen molar-refractivity contribution in [1.29, 1.82) is 0 Å². The van der Waals surface area contributed by atoms with Gasteiger partial charge in [0, 0.05) is 5.57 Å². The maximum atomic E-state index is 11.5. The van der Waals surface area contributed by atoms with Crippen molar-refractivity contribution >= 4 is 46.5 Å². The number of nitrogens with zero attached hydrogens (tertiary/aromatic N) is 5. The molecular weight excluding hydrogens is 731 g/mol. The molecule has 5 aliphatic heterocycles. The number of fused-ring (bicyclic) bond motifs is 6. The predicted octanol–water partition coefficient (Wildman–Crippen LogP) is 3.83. The Labute approximate surface area is 306 Å². The van der Waals surface area contributed by atoms with E-state index < -0.39 is 5.95 Å². The minimum Gasteiger partial charge on any atom is -0.884 e. The molecule has 0 amide bonds. The Kier molecular flexibility index (Phi) is 9.01. The van der Waals surface area contributed by atoms with Crippen molar-refractivity contribution in [3.8, 4) is 0 Å².